The molecule has 0 amide bonds. The standard InChI is InChI=1S/C16H27NO3/c1-16(2,3)15(20-7)14(17-4)11-8-12(18-5)10-13(9-11)19-6/h8-10,14-15,17H,1-7H3. The summed E-state index contributed by atoms with van der Waals surface area (Å²) in [5, 5.41) is 3.34. The highest BCUT2D eigenvalue weighted by Crippen LogP contribution is 2.35. The van der Waals surface area contributed by atoms with Gasteiger partial charge in [0.05, 0.1) is 26.4 Å². The Morgan fingerprint density at radius 1 is 0.950 bits per heavy atom. The summed E-state index contributed by atoms with van der Waals surface area (Å²) in [6, 6.07) is 5.96. The highest BCUT2D eigenvalue weighted by atomic mass is 16.5. The molecule has 0 bridgehead atoms. The summed E-state index contributed by atoms with van der Waals surface area (Å²) < 4.78 is 16.4. The molecule has 0 aliphatic carbocycles. The molecule has 114 valence electrons. The van der Waals surface area contributed by atoms with Gasteiger partial charge in [0.1, 0.15) is 11.5 Å². The molecule has 1 aromatic carbocycles. The summed E-state index contributed by atoms with van der Waals surface area (Å²) in [6.07, 6.45) is 0.0318. The Morgan fingerprint density at radius 2 is 1.45 bits per heavy atom. The van der Waals surface area contributed by atoms with Crippen LogP contribution in [0.1, 0.15) is 32.4 Å². The van der Waals surface area contributed by atoms with E-state index in [2.05, 4.69) is 26.1 Å². The predicted octanol–water partition coefficient (Wildman–Crippen LogP) is 3.03. The van der Waals surface area contributed by atoms with Gasteiger partial charge in [0.2, 0.25) is 0 Å². The van der Waals surface area contributed by atoms with Gasteiger partial charge in [-0.15, -0.1) is 0 Å². The molecule has 1 N–H and O–H groups in total. The Labute approximate surface area is 122 Å². The van der Waals surface area contributed by atoms with Gasteiger partial charge in [-0.1, -0.05) is 20.8 Å². The lowest BCUT2D eigenvalue weighted by Crippen LogP contribution is -2.40. The molecule has 0 saturated heterocycles. The molecular formula is C16H27NO3. The van der Waals surface area contributed by atoms with Crippen molar-refractivity contribution in [2.45, 2.75) is 32.9 Å². The molecule has 0 fully saturated rings. The molecular weight excluding hydrogens is 254 g/mol. The van der Waals surface area contributed by atoms with Crippen LogP contribution in [0, 0.1) is 5.41 Å². The van der Waals surface area contributed by atoms with Crippen LogP contribution in [0.3, 0.4) is 0 Å². The topological polar surface area (TPSA) is 39.7 Å². The van der Waals surface area contributed by atoms with Gasteiger partial charge in [-0.2, -0.15) is 0 Å². The summed E-state index contributed by atoms with van der Waals surface area (Å²) in [7, 11) is 7.00. The van der Waals surface area contributed by atoms with E-state index >= 15 is 0 Å². The average Bonchev–Trinajstić information content (AvgIpc) is 2.42. The second-order valence-electron chi connectivity index (χ2n) is 5.93. The van der Waals surface area contributed by atoms with Gasteiger partial charge in [-0.3, -0.25) is 0 Å². The van der Waals surface area contributed by atoms with Crippen LogP contribution in [0.15, 0.2) is 18.2 Å². The number of hydrogen-bond acceptors (Lipinski definition) is 4. The number of likely N-dealkylation sites (N-methyl/N-ethyl adjacent to an activating group) is 1. The molecule has 4 nitrogen and oxygen atoms in total. The molecule has 0 radical (unpaired) electrons. The first-order valence-corrected chi connectivity index (χ1v) is 6.80. The number of benzene rings is 1. The van der Waals surface area contributed by atoms with E-state index in [-0.39, 0.29) is 17.6 Å². The van der Waals surface area contributed by atoms with Crippen LogP contribution in [0.4, 0.5) is 0 Å². The second-order valence-corrected chi connectivity index (χ2v) is 5.93. The van der Waals surface area contributed by atoms with E-state index in [1.54, 1.807) is 21.3 Å². The van der Waals surface area contributed by atoms with E-state index < -0.39 is 0 Å². The minimum Gasteiger partial charge on any atom is -0.497 e. The van der Waals surface area contributed by atoms with Crippen molar-refractivity contribution in [3.63, 3.8) is 0 Å². The van der Waals surface area contributed by atoms with Gasteiger partial charge in [-0.25, -0.2) is 0 Å². The van der Waals surface area contributed by atoms with Crippen molar-refractivity contribution >= 4 is 0 Å². The number of nitrogens with one attached hydrogen (secondary N) is 1. The Kier molecular flexibility index (Phi) is 5.84. The minimum atomic E-state index is 0.0126. The fourth-order valence-corrected chi connectivity index (χ4v) is 2.49. The van der Waals surface area contributed by atoms with Crippen LogP contribution in [0.25, 0.3) is 0 Å². The third-order valence-electron chi connectivity index (χ3n) is 3.45. The van der Waals surface area contributed by atoms with Crippen LogP contribution in [-0.2, 0) is 4.74 Å². The fourth-order valence-electron chi connectivity index (χ4n) is 2.49. The number of rotatable bonds is 6. The van der Waals surface area contributed by atoms with Gasteiger partial charge in [-0.05, 0) is 30.2 Å². The Balaban J connectivity index is 3.23. The number of ether oxygens (including phenoxy) is 3. The molecule has 4 heteroatoms. The van der Waals surface area contributed by atoms with Crippen LogP contribution in [0.5, 0.6) is 11.5 Å². The summed E-state index contributed by atoms with van der Waals surface area (Å²) in [6.45, 7) is 6.51. The lowest BCUT2D eigenvalue weighted by atomic mass is 9.82. The lowest BCUT2D eigenvalue weighted by molar-refractivity contribution is -0.0102. The Bertz CT molecular complexity index is 404. The lowest BCUT2D eigenvalue weighted by Gasteiger charge is -2.36. The summed E-state index contributed by atoms with van der Waals surface area (Å²) in [4.78, 5) is 0. The highest BCUT2D eigenvalue weighted by Gasteiger charge is 2.33. The van der Waals surface area contributed by atoms with Crippen molar-refractivity contribution in [3.05, 3.63) is 23.8 Å². The third-order valence-corrected chi connectivity index (χ3v) is 3.45. The normalized spacial score (nSPS) is 14.8. The fraction of sp³-hybridized carbons (Fsp3) is 0.625. The van der Waals surface area contributed by atoms with Gasteiger partial charge in [0.15, 0.2) is 0 Å². The van der Waals surface area contributed by atoms with E-state index in [9.17, 15) is 0 Å². The van der Waals surface area contributed by atoms with Crippen molar-refractivity contribution < 1.29 is 14.2 Å². The monoisotopic (exact) mass is 281 g/mol. The molecule has 0 saturated carbocycles. The molecule has 0 aliphatic rings. The van der Waals surface area contributed by atoms with Crippen LogP contribution < -0.4 is 14.8 Å². The van der Waals surface area contributed by atoms with Crippen LogP contribution >= 0.6 is 0 Å². The zero-order valence-corrected chi connectivity index (χ0v) is 13.6. The molecule has 2 unspecified atom stereocenters. The maximum Gasteiger partial charge on any atom is 0.122 e. The van der Waals surface area contributed by atoms with E-state index in [1.807, 2.05) is 25.2 Å². The van der Waals surface area contributed by atoms with E-state index in [4.69, 9.17) is 14.2 Å². The summed E-state index contributed by atoms with van der Waals surface area (Å²) in [5.74, 6) is 1.56. The van der Waals surface area contributed by atoms with Gasteiger partial charge >= 0.3 is 0 Å². The smallest absolute Gasteiger partial charge is 0.122 e. The molecule has 20 heavy (non-hydrogen) atoms. The molecule has 0 aliphatic heterocycles. The van der Waals surface area contributed by atoms with Crippen LogP contribution in [-0.4, -0.2) is 34.5 Å². The minimum absolute atomic E-state index is 0.0126. The average molecular weight is 281 g/mol. The summed E-state index contributed by atoms with van der Waals surface area (Å²) in [5.41, 5.74) is 1.10. The maximum atomic E-state index is 5.73. The van der Waals surface area contributed by atoms with Gasteiger partial charge < -0.3 is 19.5 Å². The molecule has 1 aromatic rings. The first kappa shape index (κ1) is 16.8. The van der Waals surface area contributed by atoms with Crippen molar-refractivity contribution in [2.75, 3.05) is 28.4 Å². The first-order valence-electron chi connectivity index (χ1n) is 6.80. The SMILES string of the molecule is CNC(c1cc(OC)cc(OC)c1)C(OC)C(C)(C)C. The molecule has 0 aromatic heterocycles. The quantitative estimate of drug-likeness (QED) is 0.870. The Morgan fingerprint density at radius 3 is 1.75 bits per heavy atom. The first-order chi connectivity index (χ1) is 9.37. The van der Waals surface area contributed by atoms with E-state index in [0.717, 1.165) is 17.1 Å². The summed E-state index contributed by atoms with van der Waals surface area (Å²) >= 11 is 0. The molecule has 2 atom stereocenters. The molecule has 0 heterocycles. The van der Waals surface area contributed by atoms with Crippen molar-refractivity contribution in [2.24, 2.45) is 5.41 Å². The van der Waals surface area contributed by atoms with Crippen molar-refractivity contribution in [3.8, 4) is 11.5 Å². The number of hydrogen-bond donors (Lipinski definition) is 1. The highest BCUT2D eigenvalue weighted by molar-refractivity contribution is 5.40. The van der Waals surface area contributed by atoms with Crippen molar-refractivity contribution in [1.29, 1.82) is 0 Å². The molecule has 1 rings (SSSR count). The number of methoxy groups -OCH3 is 3. The third kappa shape index (κ3) is 3.87. The van der Waals surface area contributed by atoms with E-state index in [1.165, 1.54) is 0 Å². The molecule has 0 spiro atoms. The van der Waals surface area contributed by atoms with E-state index in [0.29, 0.717) is 0 Å². The largest absolute Gasteiger partial charge is 0.497 e. The van der Waals surface area contributed by atoms with Crippen molar-refractivity contribution in [1.82, 2.24) is 5.32 Å². The zero-order chi connectivity index (χ0) is 15.3. The maximum absolute atomic E-state index is 5.73. The predicted molar refractivity (Wildman–Crippen MR) is 81.6 cm³/mol. The van der Waals surface area contributed by atoms with Gasteiger partial charge in [0, 0.05) is 13.2 Å². The zero-order valence-electron chi connectivity index (χ0n) is 13.6. The Hall–Kier alpha value is -1.26. The second kappa shape index (κ2) is 6.95. The van der Waals surface area contributed by atoms with Gasteiger partial charge in [0.25, 0.3) is 0 Å². The van der Waals surface area contributed by atoms with Crippen LogP contribution in [0.2, 0.25) is 0 Å².